The first-order valence-electron chi connectivity index (χ1n) is 7.27. The molecule has 4 nitrogen and oxygen atoms in total. The molecule has 0 aromatic carbocycles. The van der Waals surface area contributed by atoms with Gasteiger partial charge in [-0.3, -0.25) is 0 Å². The number of nitrogens with one attached hydrogen (secondary N) is 1. The molecule has 0 bridgehead atoms. The van der Waals surface area contributed by atoms with Crippen molar-refractivity contribution in [1.29, 1.82) is 0 Å². The van der Waals surface area contributed by atoms with E-state index in [1.807, 2.05) is 12.3 Å². The average Bonchev–Trinajstić information content (AvgIpc) is 2.80. The summed E-state index contributed by atoms with van der Waals surface area (Å²) in [6, 6.07) is 0.0728. The van der Waals surface area contributed by atoms with E-state index in [9.17, 15) is 8.42 Å². The molecule has 1 fully saturated rings. The van der Waals surface area contributed by atoms with Crippen molar-refractivity contribution < 1.29 is 8.42 Å². The van der Waals surface area contributed by atoms with Gasteiger partial charge in [-0.2, -0.15) is 0 Å². The van der Waals surface area contributed by atoms with Crippen LogP contribution in [0.2, 0.25) is 0 Å². The van der Waals surface area contributed by atoms with Gasteiger partial charge in [0.25, 0.3) is 0 Å². The maximum absolute atomic E-state index is 12.6. The van der Waals surface area contributed by atoms with E-state index in [2.05, 4.69) is 11.6 Å². The van der Waals surface area contributed by atoms with E-state index < -0.39 is 10.0 Å². The third-order valence-corrected chi connectivity index (χ3v) is 7.13. The van der Waals surface area contributed by atoms with E-state index >= 15 is 0 Å². The van der Waals surface area contributed by atoms with Crippen LogP contribution >= 0.6 is 11.3 Å². The highest BCUT2D eigenvalue weighted by molar-refractivity contribution is 7.89. The van der Waals surface area contributed by atoms with E-state index in [1.54, 1.807) is 0 Å². The Labute approximate surface area is 125 Å². The van der Waals surface area contributed by atoms with Crippen LogP contribution < -0.4 is 10.5 Å². The zero-order valence-corrected chi connectivity index (χ0v) is 13.8. The monoisotopic (exact) mass is 316 g/mol. The predicted octanol–water partition coefficient (Wildman–Crippen LogP) is 2.76. The van der Waals surface area contributed by atoms with Gasteiger partial charge in [-0.05, 0) is 36.6 Å². The van der Waals surface area contributed by atoms with Crippen molar-refractivity contribution in [2.45, 2.75) is 63.4 Å². The van der Waals surface area contributed by atoms with Crippen LogP contribution in [0.4, 0.5) is 0 Å². The molecule has 2 atom stereocenters. The molecule has 2 rings (SSSR count). The molecule has 0 radical (unpaired) electrons. The zero-order valence-electron chi connectivity index (χ0n) is 12.2. The molecule has 114 valence electrons. The van der Waals surface area contributed by atoms with Gasteiger partial charge in [-0.25, -0.2) is 13.1 Å². The lowest BCUT2D eigenvalue weighted by Gasteiger charge is -2.29. The molecule has 1 aliphatic carbocycles. The molecule has 1 aromatic heterocycles. The molecule has 0 amide bonds. The first kappa shape index (κ1) is 15.9. The highest BCUT2D eigenvalue weighted by Crippen LogP contribution is 2.30. The van der Waals surface area contributed by atoms with Gasteiger partial charge >= 0.3 is 0 Å². The molecule has 1 aliphatic rings. The van der Waals surface area contributed by atoms with E-state index in [-0.39, 0.29) is 12.6 Å². The fourth-order valence-electron chi connectivity index (χ4n) is 3.04. The zero-order chi connectivity index (χ0) is 14.8. The minimum atomic E-state index is -3.44. The SMILES string of the molecule is CCC1CCCC(NS(=O)(=O)c2c(C)csc2CN)C1. The lowest BCUT2D eigenvalue weighted by molar-refractivity contribution is 0.301. The first-order chi connectivity index (χ1) is 9.47. The Morgan fingerprint density at radius 3 is 2.85 bits per heavy atom. The average molecular weight is 316 g/mol. The number of hydrogen-bond donors (Lipinski definition) is 2. The smallest absolute Gasteiger partial charge is 0.242 e. The number of sulfonamides is 1. The summed E-state index contributed by atoms with van der Waals surface area (Å²) in [5, 5.41) is 1.87. The molecule has 0 spiro atoms. The molecule has 3 N–H and O–H groups in total. The summed E-state index contributed by atoms with van der Waals surface area (Å²) < 4.78 is 28.1. The number of aryl methyl sites for hydroxylation is 1. The Hall–Kier alpha value is -0.430. The van der Waals surface area contributed by atoms with Crippen molar-refractivity contribution in [3.05, 3.63) is 15.8 Å². The predicted molar refractivity (Wildman–Crippen MR) is 83.3 cm³/mol. The molecule has 0 aliphatic heterocycles. The molecule has 1 aromatic rings. The first-order valence-corrected chi connectivity index (χ1v) is 9.63. The quantitative estimate of drug-likeness (QED) is 0.877. The van der Waals surface area contributed by atoms with E-state index in [4.69, 9.17) is 5.73 Å². The van der Waals surface area contributed by atoms with Crippen molar-refractivity contribution in [3.63, 3.8) is 0 Å². The van der Waals surface area contributed by atoms with Crippen LogP contribution in [-0.2, 0) is 16.6 Å². The largest absolute Gasteiger partial charge is 0.326 e. The normalized spacial score (nSPS) is 23.9. The Morgan fingerprint density at radius 1 is 1.45 bits per heavy atom. The van der Waals surface area contributed by atoms with Gasteiger partial charge in [0.2, 0.25) is 10.0 Å². The molecular formula is C14H24N2O2S2. The Bertz CT molecular complexity index is 552. The van der Waals surface area contributed by atoms with E-state index in [0.717, 1.165) is 36.1 Å². The standard InChI is InChI=1S/C14H24N2O2S2/c1-3-11-5-4-6-12(7-11)16-20(17,18)14-10(2)9-19-13(14)8-15/h9,11-12,16H,3-8,15H2,1-2H3. The topological polar surface area (TPSA) is 72.2 Å². The summed E-state index contributed by atoms with van der Waals surface area (Å²) in [6.45, 7) is 4.29. The molecule has 2 unspecified atom stereocenters. The third kappa shape index (κ3) is 3.42. The van der Waals surface area contributed by atoms with Crippen LogP contribution in [0.3, 0.4) is 0 Å². The number of nitrogens with two attached hydrogens (primary N) is 1. The van der Waals surface area contributed by atoms with Crippen LogP contribution in [0, 0.1) is 12.8 Å². The Morgan fingerprint density at radius 2 is 2.20 bits per heavy atom. The van der Waals surface area contributed by atoms with Gasteiger partial charge in [-0.15, -0.1) is 11.3 Å². The molecule has 0 saturated heterocycles. The molecule has 20 heavy (non-hydrogen) atoms. The molecular weight excluding hydrogens is 292 g/mol. The van der Waals surface area contributed by atoms with Gasteiger partial charge in [0.05, 0.1) is 0 Å². The van der Waals surface area contributed by atoms with Crippen LogP contribution in [0.5, 0.6) is 0 Å². The maximum Gasteiger partial charge on any atom is 0.242 e. The van der Waals surface area contributed by atoms with Crippen molar-refractivity contribution >= 4 is 21.4 Å². The summed E-state index contributed by atoms with van der Waals surface area (Å²) in [5.41, 5.74) is 6.45. The highest BCUT2D eigenvalue weighted by atomic mass is 32.2. The summed E-state index contributed by atoms with van der Waals surface area (Å²) in [5.74, 6) is 0.647. The van der Waals surface area contributed by atoms with Crippen LogP contribution in [-0.4, -0.2) is 14.5 Å². The maximum atomic E-state index is 12.6. The second kappa shape index (κ2) is 6.56. The lowest BCUT2D eigenvalue weighted by Crippen LogP contribution is -2.38. The summed E-state index contributed by atoms with van der Waals surface area (Å²) in [6.07, 6.45) is 5.36. The van der Waals surface area contributed by atoms with Gasteiger partial charge in [-0.1, -0.05) is 26.2 Å². The van der Waals surface area contributed by atoms with Gasteiger partial charge in [0.15, 0.2) is 0 Å². The van der Waals surface area contributed by atoms with Crippen LogP contribution in [0.15, 0.2) is 10.3 Å². The van der Waals surface area contributed by atoms with Crippen LogP contribution in [0.1, 0.15) is 49.5 Å². The van der Waals surface area contributed by atoms with Crippen molar-refractivity contribution in [2.24, 2.45) is 11.7 Å². The van der Waals surface area contributed by atoms with Crippen molar-refractivity contribution in [1.82, 2.24) is 4.72 Å². The number of rotatable bonds is 5. The molecule has 1 heterocycles. The van der Waals surface area contributed by atoms with Crippen molar-refractivity contribution in [2.75, 3.05) is 0 Å². The second-order valence-electron chi connectivity index (χ2n) is 5.63. The minimum Gasteiger partial charge on any atom is -0.326 e. The molecule has 1 saturated carbocycles. The number of thiophene rings is 1. The van der Waals surface area contributed by atoms with Gasteiger partial charge in [0.1, 0.15) is 4.90 Å². The molecule has 6 heteroatoms. The second-order valence-corrected chi connectivity index (χ2v) is 8.25. The van der Waals surface area contributed by atoms with Crippen LogP contribution in [0.25, 0.3) is 0 Å². The minimum absolute atomic E-state index is 0.0728. The third-order valence-electron chi connectivity index (χ3n) is 4.13. The van der Waals surface area contributed by atoms with E-state index in [1.165, 1.54) is 17.8 Å². The fourth-order valence-corrected chi connectivity index (χ4v) is 6.02. The van der Waals surface area contributed by atoms with E-state index in [0.29, 0.717) is 10.8 Å². The summed E-state index contributed by atoms with van der Waals surface area (Å²) in [7, 11) is -3.44. The van der Waals surface area contributed by atoms with Gasteiger partial charge in [0, 0.05) is 17.5 Å². The van der Waals surface area contributed by atoms with Gasteiger partial charge < -0.3 is 5.73 Å². The highest BCUT2D eigenvalue weighted by Gasteiger charge is 2.28. The lowest BCUT2D eigenvalue weighted by atomic mass is 9.85. The number of hydrogen-bond acceptors (Lipinski definition) is 4. The summed E-state index contributed by atoms with van der Waals surface area (Å²) >= 11 is 1.43. The Balaban J connectivity index is 2.16. The fraction of sp³-hybridized carbons (Fsp3) is 0.714. The Kier molecular flexibility index (Phi) is 5.23. The summed E-state index contributed by atoms with van der Waals surface area (Å²) in [4.78, 5) is 1.15. The van der Waals surface area contributed by atoms with Crippen molar-refractivity contribution in [3.8, 4) is 0 Å².